The minimum Gasteiger partial charge on any atom is -0.464 e. The van der Waals surface area contributed by atoms with Crippen molar-refractivity contribution in [2.45, 2.75) is 12.4 Å². The molecule has 0 aliphatic rings. The average molecular weight is 280 g/mol. The molecule has 0 spiro atoms. The van der Waals surface area contributed by atoms with Crippen molar-refractivity contribution in [1.82, 2.24) is 0 Å². The van der Waals surface area contributed by atoms with Gasteiger partial charge in [-0.3, -0.25) is 0 Å². The van der Waals surface area contributed by atoms with Crippen molar-refractivity contribution in [2.24, 2.45) is 0 Å². The summed E-state index contributed by atoms with van der Waals surface area (Å²) in [5, 5.41) is 0. The van der Waals surface area contributed by atoms with E-state index >= 15 is 0 Å². The van der Waals surface area contributed by atoms with Gasteiger partial charge in [-0.15, -0.1) is 0 Å². The molecule has 19 heavy (non-hydrogen) atoms. The van der Waals surface area contributed by atoms with E-state index in [1.807, 2.05) is 0 Å². The number of hydrogen-bond donors (Lipinski definition) is 0. The van der Waals surface area contributed by atoms with Crippen LogP contribution in [-0.4, -0.2) is 0 Å². The number of hydrogen-bond acceptors (Lipinski definition) is 1. The molecule has 0 N–H and O–H groups in total. The molecule has 1 aromatic carbocycles. The number of furan rings is 1. The van der Waals surface area contributed by atoms with Crippen LogP contribution in [0.15, 0.2) is 41.0 Å². The van der Waals surface area contributed by atoms with Gasteiger partial charge < -0.3 is 4.42 Å². The molecule has 0 bridgehead atoms. The van der Waals surface area contributed by atoms with Crippen molar-refractivity contribution >= 4 is 0 Å². The molecule has 0 aliphatic carbocycles. The SMILES string of the molecule is FC(F)(F)c1ccc(-c2ccco2)c(C(F)(F)F)c1. The lowest BCUT2D eigenvalue weighted by Gasteiger charge is -2.14. The van der Waals surface area contributed by atoms with Crippen LogP contribution in [0.4, 0.5) is 26.3 Å². The maximum atomic E-state index is 12.8. The number of alkyl halides is 6. The Morgan fingerprint density at radius 2 is 1.53 bits per heavy atom. The zero-order valence-electron chi connectivity index (χ0n) is 9.14. The molecule has 1 heterocycles. The molecule has 0 atom stereocenters. The first-order chi connectivity index (χ1) is 8.69. The molecule has 2 rings (SSSR count). The Bertz CT molecular complexity index is 565. The fourth-order valence-electron chi connectivity index (χ4n) is 1.60. The molecule has 0 unspecified atom stereocenters. The zero-order chi connectivity index (χ0) is 14.3. The van der Waals surface area contributed by atoms with Crippen LogP contribution in [0.2, 0.25) is 0 Å². The average Bonchev–Trinajstić information content (AvgIpc) is 2.79. The van der Waals surface area contributed by atoms with E-state index in [1.165, 1.54) is 12.1 Å². The van der Waals surface area contributed by atoms with Crippen LogP contribution < -0.4 is 0 Å². The van der Waals surface area contributed by atoms with Crippen LogP contribution in [0.3, 0.4) is 0 Å². The Balaban J connectivity index is 2.63. The van der Waals surface area contributed by atoms with E-state index in [9.17, 15) is 26.3 Å². The highest BCUT2D eigenvalue weighted by atomic mass is 19.4. The summed E-state index contributed by atoms with van der Waals surface area (Å²) in [6.07, 6.45) is -8.59. The van der Waals surface area contributed by atoms with Crippen LogP contribution in [0.5, 0.6) is 0 Å². The number of halogens is 6. The molecule has 2 aromatic rings. The third kappa shape index (κ3) is 2.74. The fourth-order valence-corrected chi connectivity index (χ4v) is 1.60. The van der Waals surface area contributed by atoms with Gasteiger partial charge in [0.05, 0.1) is 17.4 Å². The summed E-state index contributed by atoms with van der Waals surface area (Å²) in [6.45, 7) is 0. The monoisotopic (exact) mass is 280 g/mol. The Morgan fingerprint density at radius 1 is 0.842 bits per heavy atom. The molecule has 102 valence electrons. The summed E-state index contributed by atoms with van der Waals surface area (Å²) in [6, 6.07) is 4.03. The molecule has 0 saturated carbocycles. The van der Waals surface area contributed by atoms with Crippen LogP contribution in [-0.2, 0) is 12.4 Å². The van der Waals surface area contributed by atoms with Gasteiger partial charge in [0.25, 0.3) is 0 Å². The Morgan fingerprint density at radius 3 is 2.00 bits per heavy atom. The molecule has 0 radical (unpaired) electrons. The van der Waals surface area contributed by atoms with E-state index in [4.69, 9.17) is 4.42 Å². The third-order valence-electron chi connectivity index (χ3n) is 2.44. The maximum absolute atomic E-state index is 12.8. The first kappa shape index (κ1) is 13.5. The van der Waals surface area contributed by atoms with Crippen LogP contribution in [0, 0.1) is 0 Å². The van der Waals surface area contributed by atoms with Crippen molar-refractivity contribution in [3.63, 3.8) is 0 Å². The van der Waals surface area contributed by atoms with Crippen molar-refractivity contribution in [1.29, 1.82) is 0 Å². The summed E-state index contributed by atoms with van der Waals surface area (Å²) in [5.74, 6) is -0.138. The highest BCUT2D eigenvalue weighted by Gasteiger charge is 2.38. The first-order valence-corrected chi connectivity index (χ1v) is 5.02. The molecule has 1 aromatic heterocycles. The summed E-state index contributed by atoms with van der Waals surface area (Å²) in [7, 11) is 0. The van der Waals surface area contributed by atoms with E-state index in [1.54, 1.807) is 0 Å². The quantitative estimate of drug-likeness (QED) is 0.671. The van der Waals surface area contributed by atoms with E-state index in [0.29, 0.717) is 6.07 Å². The largest absolute Gasteiger partial charge is 0.464 e. The van der Waals surface area contributed by atoms with E-state index < -0.39 is 29.0 Å². The minimum atomic E-state index is -4.90. The van der Waals surface area contributed by atoms with Crippen LogP contribution >= 0.6 is 0 Å². The molecule has 0 saturated heterocycles. The van der Waals surface area contributed by atoms with Gasteiger partial charge in [0, 0.05) is 5.56 Å². The van der Waals surface area contributed by atoms with E-state index in [0.717, 1.165) is 12.3 Å². The second kappa shape index (κ2) is 4.32. The van der Waals surface area contributed by atoms with Crippen molar-refractivity contribution in [3.8, 4) is 11.3 Å². The predicted molar refractivity (Wildman–Crippen MR) is 54.1 cm³/mol. The second-order valence-electron chi connectivity index (χ2n) is 3.73. The minimum absolute atomic E-state index is 0.0812. The van der Waals surface area contributed by atoms with Gasteiger partial charge in [-0.2, -0.15) is 26.3 Å². The highest BCUT2D eigenvalue weighted by molar-refractivity contribution is 5.63. The molecule has 0 amide bonds. The first-order valence-electron chi connectivity index (χ1n) is 5.02. The van der Waals surface area contributed by atoms with Gasteiger partial charge in [-0.25, -0.2) is 0 Å². The normalized spacial score (nSPS) is 12.7. The van der Waals surface area contributed by atoms with E-state index in [-0.39, 0.29) is 11.8 Å². The Hall–Kier alpha value is -1.92. The molecular weight excluding hydrogens is 274 g/mol. The van der Waals surface area contributed by atoms with Gasteiger partial charge in [0.2, 0.25) is 0 Å². The van der Waals surface area contributed by atoms with Crippen molar-refractivity contribution in [3.05, 3.63) is 47.7 Å². The van der Waals surface area contributed by atoms with Gasteiger partial charge in [-0.1, -0.05) is 6.07 Å². The van der Waals surface area contributed by atoms with Gasteiger partial charge in [0.15, 0.2) is 0 Å². The predicted octanol–water partition coefficient (Wildman–Crippen LogP) is 4.98. The summed E-state index contributed by atoms with van der Waals surface area (Å²) in [4.78, 5) is 0. The lowest BCUT2D eigenvalue weighted by atomic mass is 10.0. The summed E-state index contributed by atoms with van der Waals surface area (Å²) < 4.78 is 80.5. The number of benzene rings is 1. The van der Waals surface area contributed by atoms with Gasteiger partial charge >= 0.3 is 12.4 Å². The molecule has 7 heteroatoms. The van der Waals surface area contributed by atoms with Crippen molar-refractivity contribution < 1.29 is 30.8 Å². The van der Waals surface area contributed by atoms with E-state index in [2.05, 4.69) is 0 Å². The topological polar surface area (TPSA) is 13.1 Å². The van der Waals surface area contributed by atoms with Crippen LogP contribution in [0.25, 0.3) is 11.3 Å². The summed E-state index contributed by atoms with van der Waals surface area (Å²) >= 11 is 0. The Labute approximate surface area is 103 Å². The summed E-state index contributed by atoms with van der Waals surface area (Å²) in [5.41, 5.74) is -3.15. The van der Waals surface area contributed by atoms with Gasteiger partial charge in [0.1, 0.15) is 5.76 Å². The van der Waals surface area contributed by atoms with Crippen molar-refractivity contribution in [2.75, 3.05) is 0 Å². The highest BCUT2D eigenvalue weighted by Crippen LogP contribution is 2.40. The molecular formula is C12H6F6O. The third-order valence-corrected chi connectivity index (χ3v) is 2.44. The Kier molecular flexibility index (Phi) is 3.07. The smallest absolute Gasteiger partial charge is 0.417 e. The lowest BCUT2D eigenvalue weighted by Crippen LogP contribution is -2.11. The lowest BCUT2D eigenvalue weighted by molar-refractivity contribution is -0.142. The second-order valence-corrected chi connectivity index (χ2v) is 3.73. The molecule has 0 aliphatic heterocycles. The maximum Gasteiger partial charge on any atom is 0.417 e. The van der Waals surface area contributed by atoms with Gasteiger partial charge in [-0.05, 0) is 24.3 Å². The zero-order valence-corrected chi connectivity index (χ0v) is 9.14. The number of rotatable bonds is 1. The molecule has 0 fully saturated rings. The fraction of sp³-hybridized carbons (Fsp3) is 0.167. The standard InChI is InChI=1S/C12H6F6O/c13-11(14,15)7-3-4-8(10-2-1-5-19-10)9(6-7)12(16,17)18/h1-6H. The molecule has 1 nitrogen and oxygen atoms in total. The van der Waals surface area contributed by atoms with Crippen LogP contribution in [0.1, 0.15) is 11.1 Å².